The minimum absolute atomic E-state index is 0.472. The number of aromatic nitrogens is 1. The van der Waals surface area contributed by atoms with Crippen LogP contribution in [0.15, 0.2) is 24.4 Å². The van der Waals surface area contributed by atoms with Crippen molar-refractivity contribution in [3.05, 3.63) is 30.1 Å². The maximum Gasteiger partial charge on any atom is 0.0424 e. The van der Waals surface area contributed by atoms with Crippen LogP contribution in [0.25, 0.3) is 10.8 Å². The molecule has 3 nitrogen and oxygen atoms in total. The standard InChI is InChI=1S/C16H23N3/c1-5-15(10(2)3)19-16-7-6-14(17)13-9-18-11(4)8-12(13)16/h6-10,15,19H,5,17H2,1-4H3. The van der Waals surface area contributed by atoms with Crippen molar-refractivity contribution >= 4 is 22.1 Å². The Kier molecular flexibility index (Phi) is 3.93. The molecule has 0 spiro atoms. The summed E-state index contributed by atoms with van der Waals surface area (Å²) in [5.74, 6) is 0.598. The van der Waals surface area contributed by atoms with Gasteiger partial charge in [-0.05, 0) is 37.5 Å². The lowest BCUT2D eigenvalue weighted by Crippen LogP contribution is -2.24. The number of hydrogen-bond donors (Lipinski definition) is 2. The number of aryl methyl sites for hydroxylation is 1. The SMILES string of the molecule is CCC(Nc1ccc(N)c2cnc(C)cc12)C(C)C. The Hall–Kier alpha value is -1.77. The van der Waals surface area contributed by atoms with Crippen molar-refractivity contribution in [2.24, 2.45) is 5.92 Å². The number of hydrogen-bond acceptors (Lipinski definition) is 3. The van der Waals surface area contributed by atoms with Crippen molar-refractivity contribution in [3.63, 3.8) is 0 Å². The molecule has 0 aliphatic carbocycles. The molecule has 0 amide bonds. The van der Waals surface area contributed by atoms with Crippen molar-refractivity contribution in [3.8, 4) is 0 Å². The number of nitrogen functional groups attached to an aromatic ring is 1. The summed E-state index contributed by atoms with van der Waals surface area (Å²) in [7, 11) is 0. The highest BCUT2D eigenvalue weighted by Crippen LogP contribution is 2.29. The van der Waals surface area contributed by atoms with E-state index in [0.29, 0.717) is 12.0 Å². The molecule has 0 saturated carbocycles. The lowest BCUT2D eigenvalue weighted by atomic mass is 10.0. The van der Waals surface area contributed by atoms with E-state index in [4.69, 9.17) is 5.73 Å². The van der Waals surface area contributed by atoms with Crippen LogP contribution < -0.4 is 11.1 Å². The number of benzene rings is 1. The van der Waals surface area contributed by atoms with E-state index < -0.39 is 0 Å². The third kappa shape index (κ3) is 2.80. The molecule has 1 heterocycles. The number of fused-ring (bicyclic) bond motifs is 1. The van der Waals surface area contributed by atoms with Gasteiger partial charge in [0.2, 0.25) is 0 Å². The normalized spacial score (nSPS) is 12.9. The Morgan fingerprint density at radius 1 is 1.26 bits per heavy atom. The predicted octanol–water partition coefficient (Wildman–Crippen LogP) is 3.97. The molecule has 0 fully saturated rings. The van der Waals surface area contributed by atoms with E-state index in [1.54, 1.807) is 0 Å². The highest BCUT2D eigenvalue weighted by atomic mass is 14.9. The van der Waals surface area contributed by atoms with E-state index in [1.165, 1.54) is 0 Å². The summed E-state index contributed by atoms with van der Waals surface area (Å²) in [5, 5.41) is 5.82. The summed E-state index contributed by atoms with van der Waals surface area (Å²) in [6, 6.07) is 6.60. The molecular weight excluding hydrogens is 234 g/mol. The van der Waals surface area contributed by atoms with E-state index in [-0.39, 0.29) is 0 Å². The first kappa shape index (κ1) is 13.7. The number of nitrogens with two attached hydrogens (primary N) is 1. The van der Waals surface area contributed by atoms with E-state index in [0.717, 1.165) is 34.3 Å². The van der Waals surface area contributed by atoms with E-state index in [1.807, 2.05) is 19.2 Å². The molecule has 1 aromatic heterocycles. The third-order valence-corrected chi connectivity index (χ3v) is 3.66. The van der Waals surface area contributed by atoms with Crippen molar-refractivity contribution in [1.29, 1.82) is 0 Å². The van der Waals surface area contributed by atoms with Gasteiger partial charge < -0.3 is 11.1 Å². The van der Waals surface area contributed by atoms with Crippen LogP contribution in [-0.4, -0.2) is 11.0 Å². The van der Waals surface area contributed by atoms with Gasteiger partial charge in [-0.1, -0.05) is 20.8 Å². The monoisotopic (exact) mass is 257 g/mol. The first-order valence-corrected chi connectivity index (χ1v) is 6.94. The quantitative estimate of drug-likeness (QED) is 0.815. The average Bonchev–Trinajstić information content (AvgIpc) is 2.37. The Morgan fingerprint density at radius 3 is 2.63 bits per heavy atom. The van der Waals surface area contributed by atoms with Crippen molar-refractivity contribution < 1.29 is 0 Å². The summed E-state index contributed by atoms with van der Waals surface area (Å²) in [4.78, 5) is 4.34. The molecule has 2 rings (SSSR count). The van der Waals surface area contributed by atoms with Crippen molar-refractivity contribution in [1.82, 2.24) is 4.98 Å². The molecule has 0 bridgehead atoms. The highest BCUT2D eigenvalue weighted by Gasteiger charge is 2.13. The second kappa shape index (κ2) is 5.47. The van der Waals surface area contributed by atoms with Crippen molar-refractivity contribution in [2.75, 3.05) is 11.1 Å². The Labute approximate surface area is 115 Å². The van der Waals surface area contributed by atoms with Crippen LogP contribution in [0, 0.1) is 12.8 Å². The summed E-state index contributed by atoms with van der Waals surface area (Å²) >= 11 is 0. The minimum atomic E-state index is 0.472. The molecule has 0 radical (unpaired) electrons. The van der Waals surface area contributed by atoms with Crippen LogP contribution >= 0.6 is 0 Å². The van der Waals surface area contributed by atoms with Crippen LogP contribution in [0.4, 0.5) is 11.4 Å². The first-order chi connectivity index (χ1) is 9.02. The van der Waals surface area contributed by atoms with Gasteiger partial charge in [0.05, 0.1) is 0 Å². The fourth-order valence-electron chi connectivity index (χ4n) is 2.43. The lowest BCUT2D eigenvalue weighted by molar-refractivity contribution is 0.512. The smallest absolute Gasteiger partial charge is 0.0424 e. The molecule has 3 N–H and O–H groups in total. The molecule has 1 aromatic carbocycles. The molecule has 0 saturated heterocycles. The van der Waals surface area contributed by atoms with Gasteiger partial charge in [-0.25, -0.2) is 0 Å². The van der Waals surface area contributed by atoms with Gasteiger partial charge in [-0.3, -0.25) is 4.98 Å². The van der Waals surface area contributed by atoms with Gasteiger partial charge in [0.1, 0.15) is 0 Å². The second-order valence-electron chi connectivity index (χ2n) is 5.48. The maximum absolute atomic E-state index is 6.03. The zero-order valence-electron chi connectivity index (χ0n) is 12.2. The largest absolute Gasteiger partial charge is 0.398 e. The Morgan fingerprint density at radius 2 is 2.00 bits per heavy atom. The molecule has 19 heavy (non-hydrogen) atoms. The van der Waals surface area contributed by atoms with Gasteiger partial charge in [-0.15, -0.1) is 0 Å². The van der Waals surface area contributed by atoms with E-state index >= 15 is 0 Å². The van der Waals surface area contributed by atoms with Crippen LogP contribution in [0.1, 0.15) is 32.9 Å². The van der Waals surface area contributed by atoms with E-state index in [9.17, 15) is 0 Å². The molecule has 1 atom stereocenters. The summed E-state index contributed by atoms with van der Waals surface area (Å²) in [6.45, 7) is 8.71. The van der Waals surface area contributed by atoms with Crippen LogP contribution in [-0.2, 0) is 0 Å². The van der Waals surface area contributed by atoms with Gasteiger partial charge >= 0.3 is 0 Å². The van der Waals surface area contributed by atoms with Gasteiger partial charge in [0.15, 0.2) is 0 Å². The van der Waals surface area contributed by atoms with Gasteiger partial charge in [-0.2, -0.15) is 0 Å². The molecule has 0 aliphatic rings. The summed E-state index contributed by atoms with van der Waals surface area (Å²) in [6.07, 6.45) is 2.97. The van der Waals surface area contributed by atoms with Crippen LogP contribution in [0.3, 0.4) is 0 Å². The topological polar surface area (TPSA) is 50.9 Å². The molecule has 0 aliphatic heterocycles. The van der Waals surface area contributed by atoms with Gasteiger partial charge in [0, 0.05) is 40.1 Å². The molecular formula is C16H23N3. The van der Waals surface area contributed by atoms with Gasteiger partial charge in [0.25, 0.3) is 0 Å². The fourth-order valence-corrected chi connectivity index (χ4v) is 2.43. The summed E-state index contributed by atoms with van der Waals surface area (Å²) < 4.78 is 0. The fraction of sp³-hybridized carbons (Fsp3) is 0.438. The number of anilines is 2. The number of nitrogens with one attached hydrogen (secondary N) is 1. The number of rotatable bonds is 4. The predicted molar refractivity (Wildman–Crippen MR) is 83.4 cm³/mol. The zero-order chi connectivity index (χ0) is 14.0. The first-order valence-electron chi connectivity index (χ1n) is 6.94. The number of pyridine rings is 1. The summed E-state index contributed by atoms with van der Waals surface area (Å²) in [5.41, 5.74) is 8.97. The maximum atomic E-state index is 6.03. The molecule has 102 valence electrons. The van der Waals surface area contributed by atoms with E-state index in [2.05, 4.69) is 43.2 Å². The minimum Gasteiger partial charge on any atom is -0.398 e. The molecule has 3 heteroatoms. The van der Waals surface area contributed by atoms with Crippen LogP contribution in [0.2, 0.25) is 0 Å². The molecule has 1 unspecified atom stereocenters. The second-order valence-corrected chi connectivity index (χ2v) is 5.48. The Bertz CT molecular complexity index is 575. The lowest BCUT2D eigenvalue weighted by Gasteiger charge is -2.23. The van der Waals surface area contributed by atoms with Crippen LogP contribution in [0.5, 0.6) is 0 Å². The molecule has 2 aromatic rings. The number of nitrogens with zero attached hydrogens (tertiary/aromatic N) is 1. The van der Waals surface area contributed by atoms with Crippen molar-refractivity contribution in [2.45, 2.75) is 40.2 Å². The highest BCUT2D eigenvalue weighted by molar-refractivity contribution is 6.00. The zero-order valence-corrected chi connectivity index (χ0v) is 12.2. The Balaban J connectivity index is 2.48. The average molecular weight is 257 g/mol. The third-order valence-electron chi connectivity index (χ3n) is 3.66.